The predicted molar refractivity (Wildman–Crippen MR) is 66.6 cm³/mol. The van der Waals surface area contributed by atoms with E-state index < -0.39 is 18.0 Å². The van der Waals surface area contributed by atoms with Gasteiger partial charge in [0.15, 0.2) is 6.04 Å². The molecule has 1 aromatic carbocycles. The molecule has 0 heterocycles. The van der Waals surface area contributed by atoms with Crippen LogP contribution in [0.3, 0.4) is 0 Å². The molecule has 6 nitrogen and oxygen atoms in total. The molecule has 7 heteroatoms. The summed E-state index contributed by atoms with van der Waals surface area (Å²) in [4.78, 5) is 22.4. The van der Waals surface area contributed by atoms with Crippen molar-refractivity contribution in [1.82, 2.24) is 5.32 Å². The maximum Gasteiger partial charge on any atom is 0.328 e. The second-order valence-corrected chi connectivity index (χ2v) is 3.91. The lowest BCUT2D eigenvalue weighted by atomic mass is 10.2. The van der Waals surface area contributed by atoms with Crippen molar-refractivity contribution in [2.24, 2.45) is 0 Å². The highest BCUT2D eigenvalue weighted by atomic mass is 19.1. The van der Waals surface area contributed by atoms with Crippen LogP contribution in [0.2, 0.25) is 0 Å². The van der Waals surface area contributed by atoms with Crippen LogP contribution in [0.5, 0.6) is 0 Å². The van der Waals surface area contributed by atoms with Gasteiger partial charge in [0.2, 0.25) is 0 Å². The van der Waals surface area contributed by atoms with Crippen LogP contribution in [0.1, 0.15) is 5.56 Å². The Kier molecular flexibility index (Phi) is 5.25. The maximum absolute atomic E-state index is 13.0. The van der Waals surface area contributed by atoms with Crippen LogP contribution in [0, 0.1) is 12.7 Å². The minimum absolute atomic E-state index is 0.148. The Balaban J connectivity index is 2.63. The number of anilines is 1. The number of nitrogens with one attached hydrogen (secondary N) is 2. The fourth-order valence-corrected chi connectivity index (χ4v) is 1.39. The van der Waals surface area contributed by atoms with Crippen LogP contribution < -0.4 is 10.6 Å². The van der Waals surface area contributed by atoms with Crippen LogP contribution in [-0.2, 0) is 9.53 Å². The fourth-order valence-electron chi connectivity index (χ4n) is 1.39. The molecule has 0 fully saturated rings. The number of hydrogen-bond acceptors (Lipinski definition) is 3. The van der Waals surface area contributed by atoms with Gasteiger partial charge in [0, 0.05) is 12.8 Å². The highest BCUT2D eigenvalue weighted by Gasteiger charge is 2.19. The lowest BCUT2D eigenvalue weighted by Crippen LogP contribution is -2.45. The van der Waals surface area contributed by atoms with E-state index in [0.29, 0.717) is 11.3 Å². The third-order valence-corrected chi connectivity index (χ3v) is 2.35. The smallest absolute Gasteiger partial charge is 0.328 e. The molecule has 3 N–H and O–H groups in total. The number of amides is 2. The molecular weight excluding hydrogens is 255 g/mol. The van der Waals surface area contributed by atoms with Gasteiger partial charge < -0.3 is 20.5 Å². The number of methoxy groups -OCH3 is 1. The zero-order valence-electron chi connectivity index (χ0n) is 10.6. The van der Waals surface area contributed by atoms with Crippen LogP contribution >= 0.6 is 0 Å². The average Bonchev–Trinajstić information content (AvgIpc) is 2.33. The first-order valence-corrected chi connectivity index (χ1v) is 5.49. The van der Waals surface area contributed by atoms with Crippen LogP contribution in [-0.4, -0.2) is 36.9 Å². The summed E-state index contributed by atoms with van der Waals surface area (Å²) < 4.78 is 17.7. The van der Waals surface area contributed by atoms with Crippen LogP contribution in [0.4, 0.5) is 14.9 Å². The molecule has 0 spiro atoms. The molecule has 2 amide bonds. The number of ether oxygens (including phenoxy) is 1. The van der Waals surface area contributed by atoms with Crippen molar-refractivity contribution in [2.45, 2.75) is 13.0 Å². The SMILES string of the molecule is COCC(NC(=O)Nc1ccc(F)c(C)c1)C(=O)O. The first kappa shape index (κ1) is 14.9. The van der Waals surface area contributed by atoms with Crippen molar-refractivity contribution in [1.29, 1.82) is 0 Å². The van der Waals surface area contributed by atoms with Gasteiger partial charge in [-0.05, 0) is 30.7 Å². The second kappa shape index (κ2) is 6.69. The van der Waals surface area contributed by atoms with Crippen LogP contribution in [0.15, 0.2) is 18.2 Å². The quantitative estimate of drug-likeness (QED) is 0.753. The Morgan fingerprint density at radius 2 is 2.16 bits per heavy atom. The lowest BCUT2D eigenvalue weighted by molar-refractivity contribution is -0.140. The number of aryl methyl sites for hydroxylation is 1. The summed E-state index contributed by atoms with van der Waals surface area (Å²) in [6, 6.07) is 2.20. The highest BCUT2D eigenvalue weighted by molar-refractivity contribution is 5.92. The molecule has 0 aliphatic carbocycles. The first-order chi connectivity index (χ1) is 8.93. The van der Waals surface area contributed by atoms with Gasteiger partial charge in [-0.1, -0.05) is 0 Å². The molecule has 0 bridgehead atoms. The standard InChI is InChI=1S/C12H15FN2O4/c1-7-5-8(3-4-9(7)13)14-12(18)15-10(6-19-2)11(16)17/h3-5,10H,6H2,1-2H3,(H,16,17)(H2,14,15,18). The zero-order valence-corrected chi connectivity index (χ0v) is 10.6. The van der Waals surface area contributed by atoms with E-state index in [1.165, 1.54) is 25.3 Å². The summed E-state index contributed by atoms with van der Waals surface area (Å²) in [5.74, 6) is -1.58. The Labute approximate surface area is 109 Å². The first-order valence-electron chi connectivity index (χ1n) is 5.49. The maximum atomic E-state index is 13.0. The summed E-state index contributed by atoms with van der Waals surface area (Å²) in [6.45, 7) is 1.41. The molecule has 0 aliphatic rings. The average molecular weight is 270 g/mol. The molecule has 0 aromatic heterocycles. The highest BCUT2D eigenvalue weighted by Crippen LogP contribution is 2.13. The number of carbonyl (C=O) groups excluding carboxylic acids is 1. The number of benzene rings is 1. The van der Waals surface area contributed by atoms with Gasteiger partial charge in [-0.3, -0.25) is 0 Å². The van der Waals surface area contributed by atoms with Gasteiger partial charge in [0.25, 0.3) is 0 Å². The fraction of sp³-hybridized carbons (Fsp3) is 0.333. The van der Waals surface area contributed by atoms with Crippen molar-refractivity contribution in [3.05, 3.63) is 29.6 Å². The summed E-state index contributed by atoms with van der Waals surface area (Å²) in [5, 5.41) is 13.5. The van der Waals surface area contributed by atoms with E-state index >= 15 is 0 Å². The molecule has 0 saturated carbocycles. The number of rotatable bonds is 5. The molecule has 0 aliphatic heterocycles. The molecule has 19 heavy (non-hydrogen) atoms. The molecule has 1 rings (SSSR count). The molecular formula is C12H15FN2O4. The van der Waals surface area contributed by atoms with Crippen molar-refractivity contribution in [3.63, 3.8) is 0 Å². The normalized spacial score (nSPS) is 11.7. The number of carbonyl (C=O) groups is 2. The number of hydrogen-bond donors (Lipinski definition) is 3. The Morgan fingerprint density at radius 1 is 1.47 bits per heavy atom. The molecule has 104 valence electrons. The van der Waals surface area contributed by atoms with E-state index in [0.717, 1.165) is 0 Å². The number of carboxylic acids is 1. The number of aliphatic carboxylic acids is 1. The van der Waals surface area contributed by atoms with Gasteiger partial charge in [-0.25, -0.2) is 14.0 Å². The van der Waals surface area contributed by atoms with Gasteiger partial charge in [0.1, 0.15) is 5.82 Å². The number of carboxylic acid groups (broad SMARTS) is 1. The number of urea groups is 1. The summed E-state index contributed by atoms with van der Waals surface area (Å²) in [7, 11) is 1.33. The largest absolute Gasteiger partial charge is 0.480 e. The van der Waals surface area contributed by atoms with Gasteiger partial charge in [0.05, 0.1) is 6.61 Å². The molecule has 1 unspecified atom stereocenters. The Morgan fingerprint density at radius 3 is 2.68 bits per heavy atom. The number of halogens is 1. The summed E-state index contributed by atoms with van der Waals surface area (Å²) >= 11 is 0. The second-order valence-electron chi connectivity index (χ2n) is 3.91. The van der Waals surface area contributed by atoms with Crippen molar-refractivity contribution >= 4 is 17.7 Å². The van der Waals surface area contributed by atoms with Crippen molar-refractivity contribution in [3.8, 4) is 0 Å². The lowest BCUT2D eigenvalue weighted by Gasteiger charge is -2.14. The zero-order chi connectivity index (χ0) is 14.4. The Hall–Kier alpha value is -2.15. The molecule has 0 saturated heterocycles. The van der Waals surface area contributed by atoms with Crippen molar-refractivity contribution < 1.29 is 23.8 Å². The predicted octanol–water partition coefficient (Wildman–Crippen LogP) is 1.36. The molecule has 1 atom stereocenters. The van der Waals surface area contributed by atoms with E-state index in [9.17, 15) is 14.0 Å². The van der Waals surface area contributed by atoms with E-state index in [1.54, 1.807) is 6.92 Å². The summed E-state index contributed by atoms with van der Waals surface area (Å²) in [6.07, 6.45) is 0. The third kappa shape index (κ3) is 4.55. The van der Waals surface area contributed by atoms with Gasteiger partial charge in [-0.15, -0.1) is 0 Å². The van der Waals surface area contributed by atoms with Crippen LogP contribution in [0.25, 0.3) is 0 Å². The van der Waals surface area contributed by atoms with Gasteiger partial charge in [-0.2, -0.15) is 0 Å². The van der Waals surface area contributed by atoms with E-state index in [1.807, 2.05) is 0 Å². The van der Waals surface area contributed by atoms with Crippen molar-refractivity contribution in [2.75, 3.05) is 19.0 Å². The minimum atomic E-state index is -1.20. The van der Waals surface area contributed by atoms with E-state index in [-0.39, 0.29) is 12.4 Å². The third-order valence-electron chi connectivity index (χ3n) is 2.35. The van der Waals surface area contributed by atoms with E-state index in [2.05, 4.69) is 15.4 Å². The molecule has 1 aromatic rings. The summed E-state index contributed by atoms with van der Waals surface area (Å²) in [5.41, 5.74) is 0.752. The minimum Gasteiger partial charge on any atom is -0.480 e. The topological polar surface area (TPSA) is 87.7 Å². The monoisotopic (exact) mass is 270 g/mol. The van der Waals surface area contributed by atoms with Gasteiger partial charge >= 0.3 is 12.0 Å². The van der Waals surface area contributed by atoms with E-state index in [4.69, 9.17) is 5.11 Å². The Bertz CT molecular complexity index is 479. The molecule has 0 radical (unpaired) electrons.